The Balaban J connectivity index is 1.89. The lowest BCUT2D eigenvalue weighted by molar-refractivity contribution is 0.0936. The number of nitrogens with one attached hydrogen (secondary N) is 2. The molecule has 1 aromatic rings. The number of H-pyrrole nitrogens is 1. The molecule has 1 aliphatic rings. The van der Waals surface area contributed by atoms with E-state index >= 15 is 0 Å². The molecule has 2 atom stereocenters. The Labute approximate surface area is 121 Å². The fourth-order valence-corrected chi connectivity index (χ4v) is 3.49. The van der Waals surface area contributed by atoms with Crippen LogP contribution in [0.4, 0.5) is 0 Å². The average Bonchev–Trinajstić information content (AvgIpc) is 2.45. The zero-order chi connectivity index (χ0) is 13.7. The van der Waals surface area contributed by atoms with E-state index in [9.17, 15) is 9.59 Å². The molecule has 0 radical (unpaired) electrons. The van der Waals surface area contributed by atoms with Crippen molar-refractivity contribution in [2.75, 3.05) is 11.9 Å². The highest BCUT2D eigenvalue weighted by atomic mass is 79.9. The minimum atomic E-state index is -0.191. The molecule has 1 fully saturated rings. The van der Waals surface area contributed by atoms with Crippen LogP contribution >= 0.6 is 15.9 Å². The summed E-state index contributed by atoms with van der Waals surface area (Å²) in [5.41, 5.74) is 0.314. The second-order valence-electron chi connectivity index (χ2n) is 5.11. The largest absolute Gasteiger partial charge is 0.352 e. The lowest BCUT2D eigenvalue weighted by Gasteiger charge is -2.30. The first-order valence-electron chi connectivity index (χ1n) is 6.73. The van der Waals surface area contributed by atoms with Crippen molar-refractivity contribution in [1.82, 2.24) is 10.3 Å². The molecular formula is C14H19BrN2O2. The van der Waals surface area contributed by atoms with Crippen LogP contribution in [0.25, 0.3) is 0 Å². The Kier molecular flexibility index (Phi) is 5.19. The summed E-state index contributed by atoms with van der Waals surface area (Å²) in [4.78, 5) is 25.4. The third-order valence-corrected chi connectivity index (χ3v) is 4.67. The van der Waals surface area contributed by atoms with Crippen molar-refractivity contribution >= 4 is 21.8 Å². The molecule has 0 bridgehead atoms. The van der Waals surface area contributed by atoms with Crippen molar-refractivity contribution < 1.29 is 4.79 Å². The number of alkyl halides is 1. The molecule has 2 rings (SSSR count). The van der Waals surface area contributed by atoms with Crippen molar-refractivity contribution in [3.63, 3.8) is 0 Å². The first-order chi connectivity index (χ1) is 9.20. The quantitative estimate of drug-likeness (QED) is 0.834. The van der Waals surface area contributed by atoms with Crippen LogP contribution in [0.2, 0.25) is 0 Å². The van der Waals surface area contributed by atoms with Gasteiger partial charge in [-0.1, -0.05) is 28.8 Å². The molecule has 104 valence electrons. The van der Waals surface area contributed by atoms with E-state index in [1.165, 1.54) is 37.9 Å². The first kappa shape index (κ1) is 14.3. The fourth-order valence-electron chi connectivity index (χ4n) is 2.63. The van der Waals surface area contributed by atoms with Crippen LogP contribution < -0.4 is 10.9 Å². The van der Waals surface area contributed by atoms with Crippen molar-refractivity contribution in [3.05, 3.63) is 34.2 Å². The predicted molar refractivity (Wildman–Crippen MR) is 78.6 cm³/mol. The van der Waals surface area contributed by atoms with Gasteiger partial charge in [-0.2, -0.15) is 0 Å². The van der Waals surface area contributed by atoms with Gasteiger partial charge >= 0.3 is 0 Å². The predicted octanol–water partition coefficient (Wildman–Crippen LogP) is 2.31. The molecule has 5 heteroatoms. The zero-order valence-corrected chi connectivity index (χ0v) is 12.4. The summed E-state index contributed by atoms with van der Waals surface area (Å²) < 4.78 is 0. The molecule has 1 aliphatic carbocycles. The maximum atomic E-state index is 11.9. The van der Waals surface area contributed by atoms with E-state index < -0.39 is 0 Å². The highest BCUT2D eigenvalue weighted by molar-refractivity contribution is 9.09. The Morgan fingerprint density at radius 1 is 1.32 bits per heavy atom. The molecule has 19 heavy (non-hydrogen) atoms. The van der Waals surface area contributed by atoms with Crippen molar-refractivity contribution in [2.24, 2.45) is 11.8 Å². The van der Waals surface area contributed by atoms with Crippen LogP contribution in [0.15, 0.2) is 23.1 Å². The second kappa shape index (κ2) is 6.89. The van der Waals surface area contributed by atoms with Gasteiger partial charge in [0.15, 0.2) is 0 Å². The monoisotopic (exact) mass is 326 g/mol. The van der Waals surface area contributed by atoms with Crippen molar-refractivity contribution in [1.29, 1.82) is 0 Å². The average molecular weight is 327 g/mol. The number of pyridine rings is 1. The summed E-state index contributed by atoms with van der Waals surface area (Å²) in [6, 6.07) is 2.92. The number of carbonyl (C=O) groups is 1. The smallest absolute Gasteiger partial charge is 0.252 e. The SMILES string of the molecule is O=C(NCC1CCCCC1CBr)c1ccc(=O)[nH]c1. The van der Waals surface area contributed by atoms with Crippen LogP contribution in [0.3, 0.4) is 0 Å². The van der Waals surface area contributed by atoms with Gasteiger partial charge in [-0.05, 0) is 30.7 Å². The molecule has 1 heterocycles. The first-order valence-corrected chi connectivity index (χ1v) is 7.85. The topological polar surface area (TPSA) is 62.0 Å². The van der Waals surface area contributed by atoms with Crippen LogP contribution in [0.1, 0.15) is 36.0 Å². The zero-order valence-electron chi connectivity index (χ0n) is 10.8. The van der Waals surface area contributed by atoms with Crippen LogP contribution in [0.5, 0.6) is 0 Å². The van der Waals surface area contributed by atoms with E-state index in [0.717, 1.165) is 5.33 Å². The summed E-state index contributed by atoms with van der Waals surface area (Å²) in [5, 5.41) is 3.98. The highest BCUT2D eigenvalue weighted by Gasteiger charge is 2.24. The Hall–Kier alpha value is -1.10. The van der Waals surface area contributed by atoms with Gasteiger partial charge in [0.2, 0.25) is 5.56 Å². The lowest BCUT2D eigenvalue weighted by Crippen LogP contribution is -2.35. The van der Waals surface area contributed by atoms with Crippen molar-refractivity contribution in [3.8, 4) is 0 Å². The summed E-state index contributed by atoms with van der Waals surface area (Å²) in [5.74, 6) is 1.10. The molecule has 0 spiro atoms. The van der Waals surface area contributed by atoms with E-state index in [-0.39, 0.29) is 11.5 Å². The number of aromatic nitrogens is 1. The molecule has 0 saturated heterocycles. The maximum absolute atomic E-state index is 11.9. The van der Waals surface area contributed by atoms with Crippen molar-refractivity contribution in [2.45, 2.75) is 25.7 Å². The minimum absolute atomic E-state index is 0.116. The third-order valence-electron chi connectivity index (χ3n) is 3.84. The number of halogens is 1. The van der Waals surface area contributed by atoms with Crippen LogP contribution in [-0.2, 0) is 0 Å². The van der Waals surface area contributed by atoms with Gasteiger partial charge in [0.05, 0.1) is 5.56 Å². The Morgan fingerprint density at radius 3 is 2.68 bits per heavy atom. The highest BCUT2D eigenvalue weighted by Crippen LogP contribution is 2.30. The van der Waals surface area contributed by atoms with E-state index in [0.29, 0.717) is 23.9 Å². The van der Waals surface area contributed by atoms with Gasteiger partial charge in [0, 0.05) is 24.1 Å². The van der Waals surface area contributed by atoms with Gasteiger partial charge in [0.25, 0.3) is 5.91 Å². The van der Waals surface area contributed by atoms with E-state index in [1.807, 2.05) is 0 Å². The Morgan fingerprint density at radius 2 is 2.05 bits per heavy atom. The molecule has 2 N–H and O–H groups in total. The number of hydrogen-bond acceptors (Lipinski definition) is 2. The van der Waals surface area contributed by atoms with E-state index in [1.54, 1.807) is 6.07 Å². The fraction of sp³-hybridized carbons (Fsp3) is 0.571. The van der Waals surface area contributed by atoms with Gasteiger partial charge < -0.3 is 10.3 Å². The molecule has 1 saturated carbocycles. The Bertz CT molecular complexity index is 466. The maximum Gasteiger partial charge on any atom is 0.252 e. The normalized spacial score (nSPS) is 23.0. The number of amides is 1. The number of aromatic amines is 1. The summed E-state index contributed by atoms with van der Waals surface area (Å²) in [6.45, 7) is 0.716. The van der Waals surface area contributed by atoms with Gasteiger partial charge in [0.1, 0.15) is 0 Å². The molecule has 1 aromatic heterocycles. The van der Waals surface area contributed by atoms with E-state index in [4.69, 9.17) is 0 Å². The van der Waals surface area contributed by atoms with Crippen LogP contribution in [0, 0.1) is 11.8 Å². The molecule has 2 unspecified atom stereocenters. The second-order valence-corrected chi connectivity index (χ2v) is 5.76. The molecule has 1 amide bonds. The molecule has 0 aromatic carbocycles. The van der Waals surface area contributed by atoms with Gasteiger partial charge in [-0.25, -0.2) is 0 Å². The van der Waals surface area contributed by atoms with Gasteiger partial charge in [-0.3, -0.25) is 9.59 Å². The molecule has 0 aliphatic heterocycles. The summed E-state index contributed by atoms with van der Waals surface area (Å²) in [6.07, 6.45) is 6.43. The van der Waals surface area contributed by atoms with Gasteiger partial charge in [-0.15, -0.1) is 0 Å². The molecule has 4 nitrogen and oxygen atoms in total. The number of carbonyl (C=O) groups excluding carboxylic acids is 1. The number of hydrogen-bond donors (Lipinski definition) is 2. The standard InChI is InChI=1S/C14H19BrN2O2/c15-7-10-3-1-2-4-11(10)8-17-14(19)12-5-6-13(18)16-9-12/h5-6,9-11H,1-4,7-8H2,(H,16,18)(H,17,19). The molecular weight excluding hydrogens is 308 g/mol. The van der Waals surface area contributed by atoms with E-state index in [2.05, 4.69) is 26.2 Å². The third kappa shape index (κ3) is 3.93. The summed E-state index contributed by atoms with van der Waals surface area (Å²) in [7, 11) is 0. The summed E-state index contributed by atoms with van der Waals surface area (Å²) >= 11 is 3.56. The number of rotatable bonds is 4. The van der Waals surface area contributed by atoms with Crippen LogP contribution in [-0.4, -0.2) is 22.8 Å². The lowest BCUT2D eigenvalue weighted by atomic mass is 9.80. The minimum Gasteiger partial charge on any atom is -0.352 e.